The van der Waals surface area contributed by atoms with E-state index in [1.807, 2.05) is 32.0 Å². The predicted octanol–water partition coefficient (Wildman–Crippen LogP) is 2.82. The monoisotopic (exact) mass is 461 g/mol. The zero-order chi connectivity index (χ0) is 23.5. The summed E-state index contributed by atoms with van der Waals surface area (Å²) in [6.45, 7) is 6.60. The van der Waals surface area contributed by atoms with Crippen LogP contribution in [0.15, 0.2) is 41.3 Å². The van der Waals surface area contributed by atoms with Crippen LogP contribution in [-0.2, 0) is 14.8 Å². The Morgan fingerprint density at radius 1 is 1.06 bits per heavy atom. The van der Waals surface area contributed by atoms with Crippen LogP contribution in [0.1, 0.15) is 23.1 Å². The van der Waals surface area contributed by atoms with E-state index >= 15 is 0 Å². The Morgan fingerprint density at radius 2 is 1.75 bits per heavy atom. The van der Waals surface area contributed by atoms with E-state index in [9.17, 15) is 23.3 Å². The number of sulfonamides is 1. The predicted molar refractivity (Wildman–Crippen MR) is 119 cm³/mol. The number of nitrogens with zero attached hydrogens (tertiary/aromatic N) is 3. The number of hydrogen-bond acceptors (Lipinski definition) is 6. The van der Waals surface area contributed by atoms with Crippen LogP contribution in [0, 0.1) is 30.9 Å². The van der Waals surface area contributed by atoms with Crippen LogP contribution >= 0.6 is 0 Å². The van der Waals surface area contributed by atoms with Crippen molar-refractivity contribution in [2.75, 3.05) is 32.8 Å². The summed E-state index contributed by atoms with van der Waals surface area (Å²) in [5.74, 6) is 0.653. The molecule has 0 aliphatic carbocycles. The Balaban J connectivity index is 1.57. The lowest BCUT2D eigenvalue weighted by Gasteiger charge is -2.34. The van der Waals surface area contributed by atoms with Crippen LogP contribution in [0.4, 0.5) is 5.69 Å². The summed E-state index contributed by atoms with van der Waals surface area (Å²) in [4.78, 5) is 24.5. The van der Waals surface area contributed by atoms with Crippen LogP contribution in [0.2, 0.25) is 0 Å². The molecule has 10 heteroatoms. The standard InChI is InChI=1S/C22H27N3O6S/c1-16-5-4-6-20(18(16)3)31-14-9-22(26)23-10-12-24(13-11-23)32(29,30)21-15-19(25(27)28)8-7-17(21)2/h4-8,15H,9-14H2,1-3H3. The third-order valence-electron chi connectivity index (χ3n) is 5.72. The average molecular weight is 462 g/mol. The molecule has 0 spiro atoms. The van der Waals surface area contributed by atoms with Crippen molar-refractivity contribution in [2.45, 2.75) is 32.1 Å². The molecule has 0 N–H and O–H groups in total. The van der Waals surface area contributed by atoms with Crippen molar-refractivity contribution in [3.8, 4) is 5.75 Å². The lowest BCUT2D eigenvalue weighted by Crippen LogP contribution is -2.50. The minimum atomic E-state index is -3.89. The van der Waals surface area contributed by atoms with Gasteiger partial charge in [-0.05, 0) is 43.5 Å². The van der Waals surface area contributed by atoms with E-state index < -0.39 is 14.9 Å². The number of ether oxygens (including phenoxy) is 1. The highest BCUT2D eigenvalue weighted by Gasteiger charge is 2.32. The van der Waals surface area contributed by atoms with E-state index in [0.717, 1.165) is 22.9 Å². The molecule has 2 aromatic carbocycles. The van der Waals surface area contributed by atoms with Crippen molar-refractivity contribution >= 4 is 21.6 Å². The van der Waals surface area contributed by atoms with E-state index in [2.05, 4.69) is 0 Å². The van der Waals surface area contributed by atoms with Crippen molar-refractivity contribution < 1.29 is 22.9 Å². The zero-order valence-corrected chi connectivity index (χ0v) is 19.2. The number of nitro groups is 1. The van der Waals surface area contributed by atoms with Gasteiger partial charge in [-0.15, -0.1) is 0 Å². The molecule has 2 aromatic rings. The zero-order valence-electron chi connectivity index (χ0n) is 18.4. The Hall–Kier alpha value is -2.98. The summed E-state index contributed by atoms with van der Waals surface area (Å²) in [7, 11) is -3.89. The van der Waals surface area contributed by atoms with E-state index in [0.29, 0.717) is 5.56 Å². The van der Waals surface area contributed by atoms with Crippen molar-refractivity contribution in [1.29, 1.82) is 0 Å². The number of piperazine rings is 1. The van der Waals surface area contributed by atoms with E-state index in [4.69, 9.17) is 4.74 Å². The number of carbonyl (C=O) groups is 1. The second kappa shape index (κ2) is 9.66. The summed E-state index contributed by atoms with van der Waals surface area (Å²) in [5.41, 5.74) is 2.32. The van der Waals surface area contributed by atoms with Crippen molar-refractivity contribution in [2.24, 2.45) is 0 Å². The van der Waals surface area contributed by atoms with Crippen molar-refractivity contribution in [1.82, 2.24) is 9.21 Å². The first-order valence-electron chi connectivity index (χ1n) is 10.3. The van der Waals surface area contributed by atoms with E-state index in [1.165, 1.54) is 16.4 Å². The third kappa shape index (κ3) is 5.08. The number of amides is 1. The van der Waals surface area contributed by atoms with Crippen molar-refractivity contribution in [3.05, 3.63) is 63.2 Å². The Morgan fingerprint density at radius 3 is 2.41 bits per heavy atom. The van der Waals surface area contributed by atoms with Gasteiger partial charge in [0.1, 0.15) is 5.75 Å². The van der Waals surface area contributed by atoms with Gasteiger partial charge < -0.3 is 9.64 Å². The first kappa shape index (κ1) is 23.7. The van der Waals surface area contributed by atoms with E-state index in [1.54, 1.807) is 11.8 Å². The maximum atomic E-state index is 13.0. The molecule has 1 aliphatic heterocycles. The number of hydrogen-bond donors (Lipinski definition) is 0. The Kier molecular flexibility index (Phi) is 7.15. The number of aryl methyl sites for hydroxylation is 2. The summed E-state index contributed by atoms with van der Waals surface area (Å²) in [6, 6.07) is 9.57. The van der Waals surface area contributed by atoms with Crippen LogP contribution in [0.5, 0.6) is 5.75 Å². The minimum absolute atomic E-state index is 0.0756. The van der Waals surface area contributed by atoms with Gasteiger partial charge >= 0.3 is 0 Å². The molecule has 32 heavy (non-hydrogen) atoms. The first-order valence-corrected chi connectivity index (χ1v) is 11.8. The maximum Gasteiger partial charge on any atom is 0.270 e. The summed E-state index contributed by atoms with van der Waals surface area (Å²) >= 11 is 0. The SMILES string of the molecule is Cc1ccc([N+](=O)[O-])cc1S(=O)(=O)N1CCN(C(=O)CCOc2cccc(C)c2C)CC1. The lowest BCUT2D eigenvalue weighted by atomic mass is 10.1. The minimum Gasteiger partial charge on any atom is -0.493 e. The molecule has 1 heterocycles. The highest BCUT2D eigenvalue weighted by Crippen LogP contribution is 2.26. The number of nitro benzene ring substituents is 1. The molecular weight excluding hydrogens is 434 g/mol. The Labute approximate surface area is 187 Å². The first-order chi connectivity index (χ1) is 15.1. The number of non-ortho nitro benzene ring substituents is 1. The molecule has 3 rings (SSSR count). The van der Waals surface area contributed by atoms with Crippen LogP contribution in [0.3, 0.4) is 0 Å². The lowest BCUT2D eigenvalue weighted by molar-refractivity contribution is -0.385. The molecule has 1 saturated heterocycles. The quantitative estimate of drug-likeness (QED) is 0.463. The smallest absolute Gasteiger partial charge is 0.270 e. The van der Waals surface area contributed by atoms with Gasteiger partial charge in [0.2, 0.25) is 15.9 Å². The highest BCUT2D eigenvalue weighted by atomic mass is 32.2. The molecule has 1 aliphatic rings. The van der Waals surface area contributed by atoms with Crippen LogP contribution in [0.25, 0.3) is 0 Å². The van der Waals surface area contributed by atoms with Gasteiger partial charge in [-0.1, -0.05) is 18.2 Å². The molecule has 1 fully saturated rings. The second-order valence-electron chi connectivity index (χ2n) is 7.79. The molecule has 172 valence electrons. The maximum absolute atomic E-state index is 13.0. The topological polar surface area (TPSA) is 110 Å². The molecule has 0 radical (unpaired) electrons. The van der Waals surface area contributed by atoms with Gasteiger partial charge in [0.15, 0.2) is 0 Å². The molecular formula is C22H27N3O6S. The number of benzene rings is 2. The van der Waals surface area contributed by atoms with Gasteiger partial charge in [-0.2, -0.15) is 4.31 Å². The van der Waals surface area contributed by atoms with Gasteiger partial charge in [-0.25, -0.2) is 8.42 Å². The fourth-order valence-corrected chi connectivity index (χ4v) is 5.25. The van der Waals surface area contributed by atoms with Gasteiger partial charge in [0.05, 0.1) is 22.8 Å². The summed E-state index contributed by atoms with van der Waals surface area (Å²) in [5, 5.41) is 11.0. The molecule has 0 aromatic heterocycles. The molecule has 0 atom stereocenters. The van der Waals surface area contributed by atoms with Gasteiger partial charge in [0, 0.05) is 38.3 Å². The largest absolute Gasteiger partial charge is 0.493 e. The normalized spacial score (nSPS) is 14.9. The van der Waals surface area contributed by atoms with Crippen molar-refractivity contribution in [3.63, 3.8) is 0 Å². The summed E-state index contributed by atoms with van der Waals surface area (Å²) in [6.07, 6.45) is 0.199. The molecule has 0 bridgehead atoms. The molecule has 1 amide bonds. The Bertz CT molecular complexity index is 1120. The fourth-order valence-electron chi connectivity index (χ4n) is 3.58. The fraction of sp³-hybridized carbons (Fsp3) is 0.409. The summed E-state index contributed by atoms with van der Waals surface area (Å²) < 4.78 is 33.1. The average Bonchev–Trinajstić information content (AvgIpc) is 2.76. The van der Waals surface area contributed by atoms with Gasteiger partial charge in [-0.3, -0.25) is 14.9 Å². The highest BCUT2D eigenvalue weighted by molar-refractivity contribution is 7.89. The second-order valence-corrected chi connectivity index (χ2v) is 9.69. The molecule has 0 unspecified atom stereocenters. The van der Waals surface area contributed by atoms with Crippen LogP contribution < -0.4 is 4.74 Å². The van der Waals surface area contributed by atoms with Crippen LogP contribution in [-0.4, -0.2) is 61.2 Å². The van der Waals surface area contributed by atoms with E-state index in [-0.39, 0.29) is 55.7 Å². The number of carbonyl (C=O) groups excluding carboxylic acids is 1. The molecule has 9 nitrogen and oxygen atoms in total. The molecule has 0 saturated carbocycles. The number of rotatable bonds is 7. The van der Waals surface area contributed by atoms with Gasteiger partial charge in [0.25, 0.3) is 5.69 Å². The third-order valence-corrected chi connectivity index (χ3v) is 7.76.